The highest BCUT2D eigenvalue weighted by Crippen LogP contribution is 1.21. The molecule has 0 spiro atoms. The second kappa shape index (κ2) is 133. The molecule has 0 aliphatic heterocycles. The van der Waals surface area contributed by atoms with E-state index >= 15 is 0 Å². The van der Waals surface area contributed by atoms with Gasteiger partial charge in [-0.05, 0) is 0 Å². The molecular weight excluding hydrogens is 73.0 g/mol. The van der Waals surface area contributed by atoms with Crippen LogP contribution >= 0.6 is 0 Å². The zero-order valence-corrected chi connectivity index (χ0v) is 2.77. The Labute approximate surface area is 29.4 Å². The Kier molecular flexibility index (Phi) is 234. The van der Waals surface area contributed by atoms with Gasteiger partial charge in [0.05, 0.1) is 6.07 Å². The van der Waals surface area contributed by atoms with E-state index in [0.717, 1.165) is 0 Å². The monoisotopic (exact) mass is 77.0 g/mol. The van der Waals surface area contributed by atoms with Crippen LogP contribution in [0.5, 0.6) is 0 Å². The first kappa shape index (κ1) is 8.83. The molecule has 0 unspecified atom stereocenters. The Morgan fingerprint density at radius 3 is 1.80 bits per heavy atom. The summed E-state index contributed by atoms with van der Waals surface area (Å²) in [5.41, 5.74) is 0. The lowest BCUT2D eigenvalue weighted by Gasteiger charge is -1.15. The van der Waals surface area contributed by atoms with Crippen molar-refractivity contribution in [2.75, 3.05) is 0 Å². The Bertz CT molecular complexity index is 31.1. The van der Waals surface area contributed by atoms with Crippen LogP contribution in [0, 0.1) is 11.3 Å². The Morgan fingerprint density at radius 1 is 1.80 bits per heavy atom. The van der Waals surface area contributed by atoms with Crippen molar-refractivity contribution < 1.29 is 9.84 Å². The smallest absolute Gasteiger partial charge is 0.0587 e. The number of rotatable bonds is 0. The standard InChI is InChI=1S/C2H3N.FHO/c1-2-3;1-2/h1H3;2H. The van der Waals surface area contributed by atoms with E-state index in [1.165, 1.54) is 6.92 Å². The fraction of sp³-hybridized carbons (Fsp3) is 0.500. The predicted octanol–water partition coefficient (Wildman–Crippen LogP) is 0.393. The van der Waals surface area contributed by atoms with E-state index in [2.05, 4.69) is 0 Å². The minimum absolute atomic E-state index is 1.43. The zero-order chi connectivity index (χ0) is 4.71. The zero-order valence-electron chi connectivity index (χ0n) is 2.77. The third-order valence-corrected chi connectivity index (χ3v) is 0. The topological polar surface area (TPSA) is 44.0 Å². The quantitative estimate of drug-likeness (QED) is 0.454. The second-order valence-electron chi connectivity index (χ2n) is 0.224. The van der Waals surface area contributed by atoms with E-state index in [-0.39, 0.29) is 0 Å². The molecule has 5 heavy (non-hydrogen) atoms. The van der Waals surface area contributed by atoms with Gasteiger partial charge in [-0.15, -0.1) is 0 Å². The van der Waals surface area contributed by atoms with Crippen molar-refractivity contribution in [1.82, 2.24) is 0 Å². The molecule has 0 bridgehead atoms. The van der Waals surface area contributed by atoms with E-state index < -0.39 is 0 Å². The summed E-state index contributed by atoms with van der Waals surface area (Å²) in [4.78, 5) is 0. The van der Waals surface area contributed by atoms with Gasteiger partial charge in [0.15, 0.2) is 0 Å². The molecule has 0 aliphatic carbocycles. The molecule has 2 nitrogen and oxygen atoms in total. The van der Waals surface area contributed by atoms with Gasteiger partial charge in [-0.2, -0.15) is 5.26 Å². The summed E-state index contributed by atoms with van der Waals surface area (Å²) in [6.07, 6.45) is 0. The first-order valence-corrected chi connectivity index (χ1v) is 0.893. The average Bonchev–Trinajstić information content (AvgIpc) is 1.46. The molecule has 0 heterocycles. The molecule has 0 rings (SSSR count). The summed E-state index contributed by atoms with van der Waals surface area (Å²) < 4.78 is 8.50. The summed E-state index contributed by atoms with van der Waals surface area (Å²) in [5, 5.41) is 12.8. The molecule has 0 saturated carbocycles. The molecule has 0 aliphatic rings. The van der Waals surface area contributed by atoms with Gasteiger partial charge in [-0.1, -0.05) is 4.53 Å². The molecule has 0 aromatic heterocycles. The van der Waals surface area contributed by atoms with Gasteiger partial charge in [0.2, 0.25) is 0 Å². The van der Waals surface area contributed by atoms with Crippen LogP contribution in [0.2, 0.25) is 0 Å². The van der Waals surface area contributed by atoms with Crippen LogP contribution in [0.25, 0.3) is 0 Å². The third kappa shape index (κ3) is 16.7. The molecule has 1 N–H and O–H groups in total. The van der Waals surface area contributed by atoms with Crippen LogP contribution in [0.4, 0.5) is 4.53 Å². The molecule has 0 radical (unpaired) electrons. The summed E-state index contributed by atoms with van der Waals surface area (Å²) in [6, 6.07) is 1.75. The van der Waals surface area contributed by atoms with Crippen LogP contribution < -0.4 is 0 Å². The summed E-state index contributed by atoms with van der Waals surface area (Å²) >= 11 is 0. The van der Waals surface area contributed by atoms with Gasteiger partial charge in [0.25, 0.3) is 0 Å². The van der Waals surface area contributed by atoms with Gasteiger partial charge in [0, 0.05) is 6.92 Å². The van der Waals surface area contributed by atoms with Crippen LogP contribution in [-0.4, -0.2) is 5.31 Å². The molecule has 0 aromatic carbocycles. The molecule has 3 heteroatoms. The van der Waals surface area contributed by atoms with E-state index in [4.69, 9.17) is 15.1 Å². The van der Waals surface area contributed by atoms with E-state index in [1.807, 2.05) is 0 Å². The second-order valence-corrected chi connectivity index (χ2v) is 0.224. The first-order chi connectivity index (χ1) is 2.41. The summed E-state index contributed by atoms with van der Waals surface area (Å²) in [7, 11) is 0. The van der Waals surface area contributed by atoms with Crippen molar-refractivity contribution in [2.45, 2.75) is 6.92 Å². The average molecular weight is 77.1 g/mol. The lowest BCUT2D eigenvalue weighted by Crippen LogP contribution is -1.10. The highest BCUT2D eigenvalue weighted by atomic mass is 19.3. The van der Waals surface area contributed by atoms with Crippen molar-refractivity contribution in [3.8, 4) is 6.07 Å². The predicted molar refractivity (Wildman–Crippen MR) is 14.6 cm³/mol. The Hall–Kier alpha value is -0.620. The van der Waals surface area contributed by atoms with Crippen LogP contribution in [0.3, 0.4) is 0 Å². The fourth-order valence-corrected chi connectivity index (χ4v) is 0. The van der Waals surface area contributed by atoms with Crippen LogP contribution in [-0.2, 0) is 0 Å². The van der Waals surface area contributed by atoms with Gasteiger partial charge in [0.1, 0.15) is 0 Å². The van der Waals surface area contributed by atoms with Crippen molar-refractivity contribution in [3.05, 3.63) is 0 Å². The van der Waals surface area contributed by atoms with Crippen molar-refractivity contribution in [3.63, 3.8) is 0 Å². The van der Waals surface area contributed by atoms with Crippen molar-refractivity contribution in [1.29, 1.82) is 5.26 Å². The van der Waals surface area contributed by atoms with E-state index in [0.29, 0.717) is 0 Å². The number of halogens is 1. The van der Waals surface area contributed by atoms with E-state index in [1.54, 1.807) is 6.07 Å². The highest BCUT2D eigenvalue weighted by molar-refractivity contribution is 4.51. The number of hydrogen-bond acceptors (Lipinski definition) is 2. The number of nitriles is 1. The highest BCUT2D eigenvalue weighted by Gasteiger charge is 1.17. The van der Waals surface area contributed by atoms with Crippen molar-refractivity contribution >= 4 is 0 Å². The minimum atomic E-state index is 1.43. The van der Waals surface area contributed by atoms with Gasteiger partial charge in [-0.25, -0.2) is 5.31 Å². The lowest BCUT2D eigenvalue weighted by molar-refractivity contribution is -0.0441. The Balaban J connectivity index is 0. The molecule has 0 saturated heterocycles. The molecule has 0 fully saturated rings. The Morgan fingerprint density at radius 2 is 1.80 bits per heavy atom. The van der Waals surface area contributed by atoms with Crippen molar-refractivity contribution in [2.24, 2.45) is 0 Å². The van der Waals surface area contributed by atoms with Gasteiger partial charge in [-0.3, -0.25) is 0 Å². The molecule has 0 atom stereocenters. The largest absolute Gasteiger partial charge is 0.209 e. The number of hydrogen-bond donors (Lipinski definition) is 1. The lowest BCUT2D eigenvalue weighted by atomic mass is 11.0. The van der Waals surface area contributed by atoms with Crippen LogP contribution in [0.1, 0.15) is 6.92 Å². The maximum absolute atomic E-state index is 8.50. The van der Waals surface area contributed by atoms with Crippen LogP contribution in [0.15, 0.2) is 0 Å². The van der Waals surface area contributed by atoms with Gasteiger partial charge < -0.3 is 0 Å². The fourth-order valence-electron chi connectivity index (χ4n) is 0. The maximum atomic E-state index is 8.50. The third-order valence-electron chi connectivity index (χ3n) is 0. The molecular formula is C2H4FNO. The summed E-state index contributed by atoms with van der Waals surface area (Å²) in [6.45, 7) is 1.43. The first-order valence-electron chi connectivity index (χ1n) is 0.893. The molecule has 0 aromatic rings. The molecule has 30 valence electrons. The minimum Gasteiger partial charge on any atom is -0.209 e. The maximum Gasteiger partial charge on any atom is 0.0587 e. The SMILES string of the molecule is CC#N.OF. The molecule has 0 amide bonds. The normalized spacial score (nSPS) is 2.80. The van der Waals surface area contributed by atoms with E-state index in [9.17, 15) is 0 Å². The number of nitrogens with zero attached hydrogens (tertiary/aromatic N) is 1. The van der Waals surface area contributed by atoms with Gasteiger partial charge >= 0.3 is 0 Å². The summed E-state index contributed by atoms with van der Waals surface area (Å²) in [5.74, 6) is 0.